The summed E-state index contributed by atoms with van der Waals surface area (Å²) < 4.78 is 1.91. The first-order valence-electron chi connectivity index (χ1n) is 4.96. The maximum absolute atomic E-state index is 10.9. The Labute approximate surface area is 88.8 Å². The monoisotopic (exact) mass is 202 g/mol. The highest BCUT2D eigenvalue weighted by Gasteiger charge is 2.20. The quantitative estimate of drug-likeness (QED) is 0.666. The van der Waals surface area contributed by atoms with Crippen molar-refractivity contribution in [2.24, 2.45) is 0 Å². The van der Waals surface area contributed by atoms with E-state index in [0.29, 0.717) is 5.69 Å². The summed E-state index contributed by atoms with van der Waals surface area (Å²) in [5, 5.41) is 0. The van der Waals surface area contributed by atoms with Crippen LogP contribution in [0.15, 0.2) is 24.4 Å². The molecule has 0 unspecified atom stereocenters. The summed E-state index contributed by atoms with van der Waals surface area (Å²) in [5.41, 5.74) is 1.55. The predicted molar refractivity (Wildman–Crippen MR) is 59.3 cm³/mol. The van der Waals surface area contributed by atoms with E-state index in [1.807, 2.05) is 16.5 Å². The van der Waals surface area contributed by atoms with Gasteiger partial charge in [0.15, 0.2) is 6.29 Å². The number of carbonyl (C=O) groups excluding carboxylic acids is 1. The lowest BCUT2D eigenvalue weighted by Gasteiger charge is -2.17. The third kappa shape index (κ3) is 1.54. The largest absolute Gasteiger partial charge is 0.296 e. The van der Waals surface area contributed by atoms with Crippen molar-refractivity contribution < 1.29 is 4.79 Å². The van der Waals surface area contributed by atoms with Crippen LogP contribution in [-0.4, -0.2) is 15.7 Å². The van der Waals surface area contributed by atoms with Gasteiger partial charge in [-0.15, -0.1) is 0 Å². The fourth-order valence-electron chi connectivity index (χ4n) is 1.69. The number of hydrogen-bond donors (Lipinski definition) is 0. The van der Waals surface area contributed by atoms with Crippen molar-refractivity contribution in [2.45, 2.75) is 26.2 Å². The molecule has 2 heterocycles. The third-order valence-corrected chi connectivity index (χ3v) is 2.37. The van der Waals surface area contributed by atoms with E-state index in [1.165, 1.54) is 0 Å². The van der Waals surface area contributed by atoms with E-state index in [2.05, 4.69) is 25.8 Å². The van der Waals surface area contributed by atoms with Gasteiger partial charge in [0, 0.05) is 5.41 Å². The first-order valence-corrected chi connectivity index (χ1v) is 4.96. The molecule has 3 nitrogen and oxygen atoms in total. The lowest BCUT2D eigenvalue weighted by atomic mass is 9.96. The van der Waals surface area contributed by atoms with Gasteiger partial charge in [-0.2, -0.15) is 0 Å². The molecule has 0 aromatic carbocycles. The van der Waals surface area contributed by atoms with Crippen molar-refractivity contribution >= 4 is 11.8 Å². The van der Waals surface area contributed by atoms with E-state index < -0.39 is 0 Å². The van der Waals surface area contributed by atoms with Gasteiger partial charge in [-0.3, -0.25) is 9.20 Å². The van der Waals surface area contributed by atoms with Crippen molar-refractivity contribution in [3.8, 4) is 0 Å². The summed E-state index contributed by atoms with van der Waals surface area (Å²) in [7, 11) is 0. The Kier molecular flexibility index (Phi) is 2.11. The average Bonchev–Trinajstić information content (AvgIpc) is 2.59. The zero-order valence-corrected chi connectivity index (χ0v) is 9.19. The number of nitrogens with zero attached hydrogens (tertiary/aromatic N) is 2. The maximum Gasteiger partial charge on any atom is 0.166 e. The molecule has 2 rings (SSSR count). The first-order chi connectivity index (χ1) is 7.04. The molecule has 2 aromatic heterocycles. The summed E-state index contributed by atoms with van der Waals surface area (Å²) in [6, 6.07) is 5.62. The summed E-state index contributed by atoms with van der Waals surface area (Å²) >= 11 is 0. The highest BCUT2D eigenvalue weighted by molar-refractivity contribution is 5.74. The molecule has 78 valence electrons. The number of aromatic nitrogens is 2. The van der Waals surface area contributed by atoms with Crippen LogP contribution < -0.4 is 0 Å². The Bertz CT molecular complexity index is 506. The van der Waals surface area contributed by atoms with E-state index in [-0.39, 0.29) is 5.41 Å². The van der Waals surface area contributed by atoms with Crippen LogP contribution in [0.1, 0.15) is 37.1 Å². The van der Waals surface area contributed by atoms with Gasteiger partial charge >= 0.3 is 0 Å². The number of fused-ring (bicyclic) bond motifs is 1. The third-order valence-electron chi connectivity index (χ3n) is 2.37. The number of pyridine rings is 1. The van der Waals surface area contributed by atoms with Gasteiger partial charge in [0.2, 0.25) is 0 Å². The van der Waals surface area contributed by atoms with Crippen molar-refractivity contribution in [1.82, 2.24) is 9.38 Å². The van der Waals surface area contributed by atoms with Gasteiger partial charge < -0.3 is 0 Å². The highest BCUT2D eigenvalue weighted by Crippen LogP contribution is 2.22. The lowest BCUT2D eigenvalue weighted by Crippen LogP contribution is -2.17. The summed E-state index contributed by atoms with van der Waals surface area (Å²) in [4.78, 5) is 15.3. The zero-order chi connectivity index (χ0) is 11.1. The minimum atomic E-state index is -0.0640. The fourth-order valence-corrected chi connectivity index (χ4v) is 1.69. The average molecular weight is 202 g/mol. The van der Waals surface area contributed by atoms with Crippen LogP contribution in [-0.2, 0) is 5.41 Å². The number of aldehydes is 1. The van der Waals surface area contributed by atoms with E-state index >= 15 is 0 Å². The summed E-state index contributed by atoms with van der Waals surface area (Å²) in [5.74, 6) is 0.917. The Balaban J connectivity index is 2.83. The molecule has 0 saturated carbocycles. The smallest absolute Gasteiger partial charge is 0.166 e. The molecule has 0 spiro atoms. The van der Waals surface area contributed by atoms with E-state index in [0.717, 1.165) is 17.6 Å². The molecule has 0 atom stereocenters. The van der Waals surface area contributed by atoms with Crippen molar-refractivity contribution in [2.75, 3.05) is 0 Å². The SMILES string of the molecule is CC(C)(C)c1ncc2cccc(C=O)n12. The van der Waals surface area contributed by atoms with Gasteiger partial charge in [0.05, 0.1) is 17.4 Å². The molecule has 2 aromatic rings. The second-order valence-electron chi connectivity index (χ2n) is 4.66. The molecular weight excluding hydrogens is 188 g/mol. The Hall–Kier alpha value is -1.64. The Morgan fingerprint density at radius 2 is 2.07 bits per heavy atom. The molecular formula is C12H14N2O. The molecule has 0 amide bonds. The molecule has 0 aliphatic rings. The molecule has 0 N–H and O–H groups in total. The minimum absolute atomic E-state index is 0.0640. The summed E-state index contributed by atoms with van der Waals surface area (Å²) in [6.45, 7) is 6.26. The standard InChI is InChI=1S/C12H14N2O/c1-12(2,3)11-13-7-9-5-4-6-10(8-15)14(9)11/h4-8H,1-3H3. The normalized spacial score (nSPS) is 11.9. The van der Waals surface area contributed by atoms with E-state index in [1.54, 1.807) is 12.3 Å². The van der Waals surface area contributed by atoms with Gasteiger partial charge in [0.1, 0.15) is 5.82 Å². The van der Waals surface area contributed by atoms with Crippen molar-refractivity contribution in [3.05, 3.63) is 35.9 Å². The van der Waals surface area contributed by atoms with E-state index in [4.69, 9.17) is 0 Å². The second-order valence-corrected chi connectivity index (χ2v) is 4.66. The highest BCUT2D eigenvalue weighted by atomic mass is 16.1. The van der Waals surface area contributed by atoms with Crippen molar-refractivity contribution in [3.63, 3.8) is 0 Å². The Morgan fingerprint density at radius 1 is 1.33 bits per heavy atom. The predicted octanol–water partition coefficient (Wildman–Crippen LogP) is 2.44. The zero-order valence-electron chi connectivity index (χ0n) is 9.19. The summed E-state index contributed by atoms with van der Waals surface area (Å²) in [6.07, 6.45) is 2.66. The van der Waals surface area contributed by atoms with Crippen LogP contribution in [0.5, 0.6) is 0 Å². The van der Waals surface area contributed by atoms with Gasteiger partial charge in [-0.1, -0.05) is 26.8 Å². The van der Waals surface area contributed by atoms with Crippen LogP contribution in [0.3, 0.4) is 0 Å². The van der Waals surface area contributed by atoms with Gasteiger partial charge in [-0.25, -0.2) is 4.98 Å². The molecule has 3 heteroatoms. The lowest BCUT2D eigenvalue weighted by molar-refractivity contribution is 0.111. The maximum atomic E-state index is 10.9. The Morgan fingerprint density at radius 3 is 2.67 bits per heavy atom. The molecule has 0 aliphatic heterocycles. The molecule has 15 heavy (non-hydrogen) atoms. The van der Waals surface area contributed by atoms with Crippen LogP contribution in [0.4, 0.5) is 0 Å². The topological polar surface area (TPSA) is 34.4 Å². The van der Waals surface area contributed by atoms with Crippen LogP contribution in [0.2, 0.25) is 0 Å². The van der Waals surface area contributed by atoms with Gasteiger partial charge in [-0.05, 0) is 12.1 Å². The van der Waals surface area contributed by atoms with E-state index in [9.17, 15) is 4.79 Å². The van der Waals surface area contributed by atoms with Crippen LogP contribution >= 0.6 is 0 Å². The number of carbonyl (C=O) groups is 1. The van der Waals surface area contributed by atoms with Crippen molar-refractivity contribution in [1.29, 1.82) is 0 Å². The van der Waals surface area contributed by atoms with Crippen LogP contribution in [0, 0.1) is 0 Å². The molecule has 0 bridgehead atoms. The molecule has 0 fully saturated rings. The molecule has 0 saturated heterocycles. The molecule has 0 aliphatic carbocycles. The molecule has 0 radical (unpaired) electrons. The fraction of sp³-hybridized carbons (Fsp3) is 0.333. The number of rotatable bonds is 1. The minimum Gasteiger partial charge on any atom is -0.296 e. The van der Waals surface area contributed by atoms with Gasteiger partial charge in [0.25, 0.3) is 0 Å². The first kappa shape index (κ1) is 9.90. The number of imidazole rings is 1. The van der Waals surface area contributed by atoms with Crippen LogP contribution in [0.25, 0.3) is 5.52 Å². The number of hydrogen-bond acceptors (Lipinski definition) is 2. The second kappa shape index (κ2) is 3.19.